The lowest BCUT2D eigenvalue weighted by atomic mass is 9.97. The number of thiophene rings is 1. The highest BCUT2D eigenvalue weighted by Gasteiger charge is 2.24. The predicted octanol–water partition coefficient (Wildman–Crippen LogP) is 7.25. The number of carbonyl (C=O) groups is 2. The van der Waals surface area contributed by atoms with Crippen LogP contribution >= 0.6 is 11.3 Å². The molecule has 1 amide bonds. The van der Waals surface area contributed by atoms with Gasteiger partial charge in [-0.2, -0.15) is 0 Å². The molecule has 1 N–H and O–H groups in total. The summed E-state index contributed by atoms with van der Waals surface area (Å²) in [5.41, 5.74) is 7.16. The molecule has 1 aromatic heterocycles. The van der Waals surface area contributed by atoms with Crippen LogP contribution in [0.2, 0.25) is 0 Å². The first-order chi connectivity index (χ1) is 17.0. The molecule has 0 saturated carbocycles. The quantitative estimate of drug-likeness (QED) is 0.269. The third-order valence-corrected chi connectivity index (χ3v) is 6.85. The second-order valence-corrected chi connectivity index (χ2v) is 9.37. The number of anilines is 1. The van der Waals surface area contributed by atoms with E-state index in [1.165, 1.54) is 16.9 Å². The molecule has 0 spiro atoms. The van der Waals surface area contributed by atoms with E-state index in [-0.39, 0.29) is 12.5 Å². The van der Waals surface area contributed by atoms with Crippen molar-refractivity contribution in [2.75, 3.05) is 11.9 Å². The normalized spacial score (nSPS) is 10.7. The smallest absolute Gasteiger partial charge is 0.341 e. The molecule has 0 aliphatic heterocycles. The first-order valence-corrected chi connectivity index (χ1v) is 12.6. The first kappa shape index (κ1) is 24.4. The number of ether oxygens (including phenoxy) is 1. The summed E-state index contributed by atoms with van der Waals surface area (Å²) < 4.78 is 5.37. The van der Waals surface area contributed by atoms with E-state index in [4.69, 9.17) is 4.74 Å². The van der Waals surface area contributed by atoms with Gasteiger partial charge in [0.15, 0.2) is 0 Å². The Morgan fingerprint density at radius 1 is 0.886 bits per heavy atom. The second kappa shape index (κ2) is 11.2. The molecular formula is C30H29NO3S. The molecule has 5 heteroatoms. The van der Waals surface area contributed by atoms with Gasteiger partial charge < -0.3 is 10.1 Å². The van der Waals surface area contributed by atoms with Crippen molar-refractivity contribution in [3.05, 3.63) is 112 Å². The van der Waals surface area contributed by atoms with Gasteiger partial charge in [0.1, 0.15) is 10.6 Å². The van der Waals surface area contributed by atoms with E-state index in [1.54, 1.807) is 6.92 Å². The van der Waals surface area contributed by atoms with Crippen molar-refractivity contribution in [2.45, 2.75) is 33.6 Å². The van der Waals surface area contributed by atoms with Gasteiger partial charge in [-0.1, -0.05) is 72.3 Å². The molecule has 0 fully saturated rings. The lowest BCUT2D eigenvalue weighted by Crippen LogP contribution is -2.16. The van der Waals surface area contributed by atoms with E-state index < -0.39 is 5.97 Å². The molecule has 3 aromatic carbocycles. The van der Waals surface area contributed by atoms with E-state index in [1.807, 2.05) is 73.8 Å². The minimum absolute atomic E-state index is 0.228. The highest BCUT2D eigenvalue weighted by Crippen LogP contribution is 2.38. The van der Waals surface area contributed by atoms with Gasteiger partial charge in [-0.3, -0.25) is 4.79 Å². The van der Waals surface area contributed by atoms with Gasteiger partial charge in [-0.05, 0) is 61.9 Å². The summed E-state index contributed by atoms with van der Waals surface area (Å²) in [6.07, 6.45) is 1.59. The van der Waals surface area contributed by atoms with Gasteiger partial charge in [-0.25, -0.2) is 4.79 Å². The molecule has 1 heterocycles. The van der Waals surface area contributed by atoms with Crippen LogP contribution in [0.5, 0.6) is 0 Å². The summed E-state index contributed by atoms with van der Waals surface area (Å²) in [4.78, 5) is 26.4. The Hall–Kier alpha value is -3.70. The molecule has 0 saturated heterocycles. The molecule has 0 aliphatic carbocycles. The average Bonchev–Trinajstić information content (AvgIpc) is 3.27. The van der Waals surface area contributed by atoms with E-state index >= 15 is 0 Å². The molecule has 4 aromatic rings. The summed E-state index contributed by atoms with van der Waals surface area (Å²) >= 11 is 1.34. The molecule has 0 aliphatic rings. The van der Waals surface area contributed by atoms with Gasteiger partial charge in [-0.15, -0.1) is 11.3 Å². The van der Waals surface area contributed by atoms with E-state index in [9.17, 15) is 9.59 Å². The van der Waals surface area contributed by atoms with E-state index in [0.29, 0.717) is 16.1 Å². The van der Waals surface area contributed by atoms with Crippen molar-refractivity contribution >= 4 is 28.2 Å². The van der Waals surface area contributed by atoms with Crippen LogP contribution in [0.25, 0.3) is 11.1 Å². The van der Waals surface area contributed by atoms with Crippen LogP contribution in [0.3, 0.4) is 0 Å². The lowest BCUT2D eigenvalue weighted by molar-refractivity contribution is 0.0529. The number of nitrogens with one attached hydrogen (secondary N) is 1. The van der Waals surface area contributed by atoms with Gasteiger partial charge >= 0.3 is 5.97 Å². The summed E-state index contributed by atoms with van der Waals surface area (Å²) in [5, 5.41) is 5.42. The zero-order valence-electron chi connectivity index (χ0n) is 20.3. The van der Waals surface area contributed by atoms with Gasteiger partial charge in [0.25, 0.3) is 5.91 Å². The van der Waals surface area contributed by atoms with Crippen molar-refractivity contribution in [3.8, 4) is 11.1 Å². The third kappa shape index (κ3) is 5.69. The van der Waals surface area contributed by atoms with Crippen molar-refractivity contribution in [1.29, 1.82) is 0 Å². The maximum atomic E-state index is 13.4. The first-order valence-electron chi connectivity index (χ1n) is 11.8. The SMILES string of the molecule is CCOC(=O)c1c(-c2ccc(C)cc2C)csc1NC(=O)c1ccccc1CCc1ccccc1. The highest BCUT2D eigenvalue weighted by molar-refractivity contribution is 7.15. The maximum absolute atomic E-state index is 13.4. The fourth-order valence-corrected chi connectivity index (χ4v) is 5.17. The van der Waals surface area contributed by atoms with Crippen molar-refractivity contribution in [2.24, 2.45) is 0 Å². The Morgan fingerprint density at radius 2 is 1.63 bits per heavy atom. The Labute approximate surface area is 210 Å². The number of aryl methyl sites for hydroxylation is 4. The van der Waals surface area contributed by atoms with Gasteiger partial charge in [0.2, 0.25) is 0 Å². The lowest BCUT2D eigenvalue weighted by Gasteiger charge is -2.12. The van der Waals surface area contributed by atoms with Gasteiger partial charge in [0.05, 0.1) is 6.61 Å². The molecular weight excluding hydrogens is 454 g/mol. The molecule has 0 bridgehead atoms. The number of hydrogen-bond acceptors (Lipinski definition) is 4. The number of carbonyl (C=O) groups excluding carboxylic acids is 2. The van der Waals surface area contributed by atoms with Crippen molar-refractivity contribution in [1.82, 2.24) is 0 Å². The van der Waals surface area contributed by atoms with Crippen LogP contribution in [0, 0.1) is 13.8 Å². The molecule has 0 radical (unpaired) electrons. The number of benzene rings is 3. The van der Waals surface area contributed by atoms with Crippen LogP contribution < -0.4 is 5.32 Å². The fourth-order valence-electron chi connectivity index (χ4n) is 4.22. The second-order valence-electron chi connectivity index (χ2n) is 8.49. The Balaban J connectivity index is 1.64. The molecule has 4 rings (SSSR count). The van der Waals surface area contributed by atoms with Crippen LogP contribution in [0.15, 0.2) is 78.2 Å². The largest absolute Gasteiger partial charge is 0.462 e. The monoisotopic (exact) mass is 483 g/mol. The highest BCUT2D eigenvalue weighted by atomic mass is 32.1. The Morgan fingerprint density at radius 3 is 2.37 bits per heavy atom. The zero-order valence-corrected chi connectivity index (χ0v) is 21.1. The Kier molecular flexibility index (Phi) is 7.78. The topological polar surface area (TPSA) is 55.4 Å². The fraction of sp³-hybridized carbons (Fsp3) is 0.200. The van der Waals surface area contributed by atoms with E-state index in [2.05, 4.69) is 23.5 Å². The summed E-state index contributed by atoms with van der Waals surface area (Å²) in [6.45, 7) is 6.10. The van der Waals surface area contributed by atoms with Crippen LogP contribution in [-0.4, -0.2) is 18.5 Å². The number of rotatable bonds is 8. The molecule has 0 unspecified atom stereocenters. The minimum Gasteiger partial charge on any atom is -0.462 e. The van der Waals surface area contributed by atoms with Crippen LogP contribution in [0.4, 0.5) is 5.00 Å². The van der Waals surface area contributed by atoms with Crippen LogP contribution in [-0.2, 0) is 17.6 Å². The van der Waals surface area contributed by atoms with E-state index in [0.717, 1.165) is 40.7 Å². The van der Waals surface area contributed by atoms with Gasteiger partial charge in [0, 0.05) is 16.5 Å². The van der Waals surface area contributed by atoms with Crippen LogP contribution in [0.1, 0.15) is 49.9 Å². The molecule has 0 atom stereocenters. The summed E-state index contributed by atoms with van der Waals surface area (Å²) in [7, 11) is 0. The zero-order chi connectivity index (χ0) is 24.8. The Bertz CT molecular complexity index is 1340. The summed E-state index contributed by atoms with van der Waals surface area (Å²) in [6, 6.07) is 24.0. The third-order valence-electron chi connectivity index (χ3n) is 5.96. The number of amides is 1. The number of esters is 1. The van der Waals surface area contributed by atoms with Crippen molar-refractivity contribution < 1.29 is 14.3 Å². The summed E-state index contributed by atoms with van der Waals surface area (Å²) in [5.74, 6) is -0.662. The standard InChI is InChI=1S/C30H29NO3S/c1-4-34-30(33)27-26(24-17-14-20(2)18-21(24)3)19-35-29(27)31-28(32)25-13-9-8-12-23(25)16-15-22-10-6-5-7-11-22/h5-14,17-19H,4,15-16H2,1-3H3,(H,31,32). The average molecular weight is 484 g/mol. The van der Waals surface area contributed by atoms with Crippen molar-refractivity contribution in [3.63, 3.8) is 0 Å². The molecule has 178 valence electrons. The number of hydrogen-bond donors (Lipinski definition) is 1. The predicted molar refractivity (Wildman–Crippen MR) is 143 cm³/mol. The maximum Gasteiger partial charge on any atom is 0.341 e. The molecule has 35 heavy (non-hydrogen) atoms. The minimum atomic E-state index is -0.434. The molecule has 4 nitrogen and oxygen atoms in total.